The quantitative estimate of drug-likeness (QED) is 0.847. The lowest BCUT2D eigenvalue weighted by Gasteiger charge is -2.26. The Kier molecular flexibility index (Phi) is 4.08. The molecule has 0 radical (unpaired) electrons. The van der Waals surface area contributed by atoms with Crippen LogP contribution in [-0.4, -0.2) is 24.0 Å². The highest BCUT2D eigenvalue weighted by Crippen LogP contribution is 2.24. The summed E-state index contributed by atoms with van der Waals surface area (Å²) in [5.41, 5.74) is 1.28. The lowest BCUT2D eigenvalue weighted by Crippen LogP contribution is -2.38. The minimum atomic E-state index is 0.0461. The molecule has 0 spiro atoms. The van der Waals surface area contributed by atoms with E-state index in [2.05, 4.69) is 27.4 Å². The zero-order valence-corrected chi connectivity index (χ0v) is 13.2. The third-order valence-corrected chi connectivity index (χ3v) is 4.89. The molecule has 5 heteroatoms. The predicted molar refractivity (Wildman–Crippen MR) is 83.1 cm³/mol. The van der Waals surface area contributed by atoms with Gasteiger partial charge in [0.2, 0.25) is 0 Å². The maximum absolute atomic E-state index is 12.2. The molecule has 3 rings (SSSR count). The summed E-state index contributed by atoms with van der Waals surface area (Å²) in [5, 5.41) is 2.09. The Morgan fingerprint density at radius 1 is 1.30 bits per heavy atom. The molecule has 104 valence electrons. The van der Waals surface area contributed by atoms with E-state index in [-0.39, 0.29) is 12.5 Å². The zero-order chi connectivity index (χ0) is 13.9. The molecule has 0 unspecified atom stereocenters. The van der Waals surface area contributed by atoms with Gasteiger partial charge in [-0.1, -0.05) is 15.9 Å². The molecule has 0 saturated heterocycles. The second-order valence-electron chi connectivity index (χ2n) is 4.68. The molecule has 1 aliphatic rings. The fraction of sp³-hybridized carbons (Fsp3) is 0.267. The molecule has 0 N–H and O–H groups in total. The first kappa shape index (κ1) is 13.6. The van der Waals surface area contributed by atoms with E-state index >= 15 is 0 Å². The molecule has 0 saturated carbocycles. The van der Waals surface area contributed by atoms with Gasteiger partial charge in [-0.25, -0.2) is 0 Å². The Labute approximate surface area is 130 Å². The van der Waals surface area contributed by atoms with Crippen molar-refractivity contribution in [1.29, 1.82) is 0 Å². The van der Waals surface area contributed by atoms with Crippen LogP contribution in [0.15, 0.2) is 40.2 Å². The van der Waals surface area contributed by atoms with Gasteiger partial charge in [0.25, 0.3) is 5.91 Å². The number of ether oxygens (including phenoxy) is 1. The Balaban J connectivity index is 1.56. The molecular formula is C15H14BrNO2S. The molecule has 0 bridgehead atoms. The molecule has 1 aromatic heterocycles. The molecule has 3 nitrogen and oxygen atoms in total. The number of thiophene rings is 1. The van der Waals surface area contributed by atoms with Crippen LogP contribution in [0, 0.1) is 0 Å². The van der Waals surface area contributed by atoms with Gasteiger partial charge in [0.1, 0.15) is 5.75 Å². The number of rotatable bonds is 3. The number of hydrogen-bond donors (Lipinski definition) is 0. The smallest absolute Gasteiger partial charge is 0.260 e. The number of nitrogens with zero attached hydrogens (tertiary/aromatic N) is 1. The van der Waals surface area contributed by atoms with Crippen molar-refractivity contribution in [1.82, 2.24) is 4.90 Å². The molecular weight excluding hydrogens is 338 g/mol. The van der Waals surface area contributed by atoms with Gasteiger partial charge in [-0.15, -0.1) is 11.3 Å². The third-order valence-electron chi connectivity index (χ3n) is 3.34. The molecule has 0 aliphatic carbocycles. The van der Waals surface area contributed by atoms with E-state index in [4.69, 9.17) is 4.74 Å². The molecule has 2 heterocycles. The van der Waals surface area contributed by atoms with Gasteiger partial charge < -0.3 is 9.64 Å². The van der Waals surface area contributed by atoms with Crippen molar-refractivity contribution < 1.29 is 9.53 Å². The lowest BCUT2D eigenvalue weighted by atomic mass is 10.1. The highest BCUT2D eigenvalue weighted by atomic mass is 79.9. The van der Waals surface area contributed by atoms with Crippen molar-refractivity contribution in [3.63, 3.8) is 0 Å². The number of amides is 1. The van der Waals surface area contributed by atoms with Crippen LogP contribution in [0.2, 0.25) is 0 Å². The number of halogens is 1. The van der Waals surface area contributed by atoms with Crippen LogP contribution in [0.3, 0.4) is 0 Å². The van der Waals surface area contributed by atoms with Gasteiger partial charge in [0.15, 0.2) is 6.61 Å². The van der Waals surface area contributed by atoms with Crippen LogP contribution in [0.1, 0.15) is 10.4 Å². The van der Waals surface area contributed by atoms with E-state index in [0.717, 1.165) is 23.2 Å². The Hall–Kier alpha value is -1.33. The summed E-state index contributed by atoms with van der Waals surface area (Å²) in [6, 6.07) is 9.61. The first-order valence-corrected chi connectivity index (χ1v) is 8.11. The fourth-order valence-corrected chi connectivity index (χ4v) is 3.38. The van der Waals surface area contributed by atoms with E-state index in [9.17, 15) is 4.79 Å². The maximum Gasteiger partial charge on any atom is 0.260 e. The second kappa shape index (κ2) is 5.97. The Morgan fingerprint density at radius 2 is 2.10 bits per heavy atom. The van der Waals surface area contributed by atoms with Gasteiger partial charge >= 0.3 is 0 Å². The van der Waals surface area contributed by atoms with Crippen LogP contribution in [0.4, 0.5) is 0 Å². The summed E-state index contributed by atoms with van der Waals surface area (Å²) >= 11 is 5.15. The Morgan fingerprint density at radius 3 is 2.90 bits per heavy atom. The molecule has 2 aromatic rings. The van der Waals surface area contributed by atoms with Gasteiger partial charge in [0.05, 0.1) is 0 Å². The summed E-state index contributed by atoms with van der Waals surface area (Å²) in [6.45, 7) is 1.60. The van der Waals surface area contributed by atoms with Crippen molar-refractivity contribution in [2.24, 2.45) is 0 Å². The Bertz CT molecular complexity index is 609. The minimum absolute atomic E-state index is 0.0461. The average molecular weight is 352 g/mol. The van der Waals surface area contributed by atoms with Gasteiger partial charge in [-0.3, -0.25) is 4.79 Å². The van der Waals surface area contributed by atoms with Gasteiger partial charge in [0, 0.05) is 22.4 Å². The molecule has 1 aliphatic heterocycles. The van der Waals surface area contributed by atoms with Crippen molar-refractivity contribution in [2.75, 3.05) is 13.2 Å². The first-order chi connectivity index (χ1) is 9.72. The van der Waals surface area contributed by atoms with E-state index in [1.54, 1.807) is 11.3 Å². The van der Waals surface area contributed by atoms with E-state index in [0.29, 0.717) is 6.54 Å². The minimum Gasteiger partial charge on any atom is -0.484 e. The normalized spacial score (nSPS) is 13.9. The molecule has 1 amide bonds. The van der Waals surface area contributed by atoms with Crippen molar-refractivity contribution >= 4 is 33.2 Å². The van der Waals surface area contributed by atoms with Crippen molar-refractivity contribution in [3.05, 3.63) is 50.6 Å². The van der Waals surface area contributed by atoms with Crippen LogP contribution >= 0.6 is 27.3 Å². The number of carbonyl (C=O) groups excluding carboxylic acids is 1. The number of hydrogen-bond acceptors (Lipinski definition) is 3. The van der Waals surface area contributed by atoms with Crippen molar-refractivity contribution in [3.8, 4) is 5.75 Å². The molecule has 1 aromatic carbocycles. The predicted octanol–water partition coefficient (Wildman–Crippen LogP) is 3.47. The summed E-state index contributed by atoms with van der Waals surface area (Å²) < 4.78 is 6.53. The number of benzene rings is 1. The van der Waals surface area contributed by atoms with Crippen LogP contribution in [0.5, 0.6) is 5.75 Å². The van der Waals surface area contributed by atoms with E-state index in [1.807, 2.05) is 29.2 Å². The summed E-state index contributed by atoms with van der Waals surface area (Å²) in [7, 11) is 0. The molecule has 0 fully saturated rings. The highest BCUT2D eigenvalue weighted by molar-refractivity contribution is 9.10. The lowest BCUT2D eigenvalue weighted by molar-refractivity contribution is -0.134. The highest BCUT2D eigenvalue weighted by Gasteiger charge is 2.21. The van der Waals surface area contributed by atoms with Crippen LogP contribution in [-0.2, 0) is 17.8 Å². The molecule has 20 heavy (non-hydrogen) atoms. The SMILES string of the molecule is O=C(COc1ccc(Br)cc1)N1CCc2sccc2C1. The molecule has 0 atom stereocenters. The fourth-order valence-electron chi connectivity index (χ4n) is 2.23. The largest absolute Gasteiger partial charge is 0.484 e. The summed E-state index contributed by atoms with van der Waals surface area (Å²) in [6.07, 6.45) is 0.955. The zero-order valence-electron chi connectivity index (χ0n) is 10.8. The van der Waals surface area contributed by atoms with Crippen LogP contribution < -0.4 is 4.74 Å². The summed E-state index contributed by atoms with van der Waals surface area (Å²) in [5.74, 6) is 0.763. The first-order valence-electron chi connectivity index (χ1n) is 6.44. The maximum atomic E-state index is 12.2. The average Bonchev–Trinajstić information content (AvgIpc) is 2.93. The van der Waals surface area contributed by atoms with Crippen LogP contribution in [0.25, 0.3) is 0 Å². The monoisotopic (exact) mass is 351 g/mol. The standard InChI is InChI=1S/C15H14BrNO2S/c16-12-1-3-13(4-2-12)19-10-15(18)17-7-5-14-11(9-17)6-8-20-14/h1-4,6,8H,5,7,9-10H2. The van der Waals surface area contributed by atoms with Gasteiger partial charge in [-0.2, -0.15) is 0 Å². The second-order valence-corrected chi connectivity index (χ2v) is 6.59. The van der Waals surface area contributed by atoms with E-state index < -0.39 is 0 Å². The topological polar surface area (TPSA) is 29.5 Å². The van der Waals surface area contributed by atoms with Crippen molar-refractivity contribution in [2.45, 2.75) is 13.0 Å². The third kappa shape index (κ3) is 3.04. The number of fused-ring (bicyclic) bond motifs is 1. The number of carbonyl (C=O) groups is 1. The van der Waals surface area contributed by atoms with E-state index in [1.165, 1.54) is 10.4 Å². The van der Waals surface area contributed by atoms with Gasteiger partial charge in [-0.05, 0) is 47.7 Å². The summed E-state index contributed by atoms with van der Waals surface area (Å²) in [4.78, 5) is 15.4.